The molecule has 0 atom stereocenters. The molecule has 6 heteroatoms. The van der Waals surface area contributed by atoms with Crippen LogP contribution in [0.1, 0.15) is 57.9 Å². The molecule has 0 aromatic heterocycles. The highest BCUT2D eigenvalue weighted by Gasteiger charge is 2.37. The lowest BCUT2D eigenvalue weighted by Crippen LogP contribution is -2.49. The number of aliphatic imine (C=N–C) groups is 1. The van der Waals surface area contributed by atoms with Crippen LogP contribution < -0.4 is 16.0 Å². The molecule has 1 aromatic carbocycles. The van der Waals surface area contributed by atoms with Crippen molar-refractivity contribution in [3.05, 3.63) is 35.9 Å². The molecule has 1 aliphatic rings. The standard InChI is InChI=1S/C22H33N5O/c1-4-17(5-2)20(28)25-15-22(18-9-7-6-8-10-18)13-11-19(12-14-22)27-21(24-3)26-16-23/h6-10,17,19H,4-5,11-15H2,1-3H3,(H,25,28)(H2,24,26,27). The SMILES string of the molecule is CCC(CC)C(=O)NCC1(c2ccccc2)CCC(NC(=NC)NC#N)CC1. The summed E-state index contributed by atoms with van der Waals surface area (Å²) in [5.41, 5.74) is 1.24. The van der Waals surface area contributed by atoms with E-state index in [2.05, 4.69) is 59.1 Å². The van der Waals surface area contributed by atoms with E-state index in [1.54, 1.807) is 7.05 Å². The minimum Gasteiger partial charge on any atom is -0.355 e. The number of carbonyl (C=O) groups is 1. The number of nitrogens with one attached hydrogen (secondary N) is 3. The number of carbonyl (C=O) groups excluding carboxylic acids is 1. The number of guanidine groups is 1. The molecule has 0 bridgehead atoms. The molecular formula is C22H33N5O. The van der Waals surface area contributed by atoms with Crippen LogP contribution in [0.5, 0.6) is 0 Å². The van der Waals surface area contributed by atoms with Gasteiger partial charge in [0.25, 0.3) is 0 Å². The van der Waals surface area contributed by atoms with Crippen LogP contribution in [0.2, 0.25) is 0 Å². The Labute approximate surface area is 168 Å². The number of nitrogens with zero attached hydrogens (tertiary/aromatic N) is 2. The van der Waals surface area contributed by atoms with E-state index in [1.807, 2.05) is 12.3 Å². The Morgan fingerprint density at radius 1 is 1.25 bits per heavy atom. The molecule has 6 nitrogen and oxygen atoms in total. The summed E-state index contributed by atoms with van der Waals surface area (Å²) >= 11 is 0. The van der Waals surface area contributed by atoms with Gasteiger partial charge in [-0.05, 0) is 44.1 Å². The number of rotatable bonds is 7. The first-order valence-corrected chi connectivity index (χ1v) is 10.3. The highest BCUT2D eigenvalue weighted by molar-refractivity contribution is 5.81. The molecule has 1 amide bonds. The summed E-state index contributed by atoms with van der Waals surface area (Å²) in [6.45, 7) is 4.81. The van der Waals surface area contributed by atoms with Gasteiger partial charge in [0.05, 0.1) is 0 Å². The van der Waals surface area contributed by atoms with Gasteiger partial charge in [-0.15, -0.1) is 0 Å². The summed E-state index contributed by atoms with van der Waals surface area (Å²) in [6.07, 6.45) is 7.53. The number of amides is 1. The van der Waals surface area contributed by atoms with Gasteiger partial charge in [-0.1, -0.05) is 44.2 Å². The van der Waals surface area contributed by atoms with E-state index in [4.69, 9.17) is 5.26 Å². The lowest BCUT2D eigenvalue weighted by molar-refractivity contribution is -0.125. The summed E-state index contributed by atoms with van der Waals surface area (Å²) in [5.74, 6) is 0.770. The van der Waals surface area contributed by atoms with Crippen molar-refractivity contribution in [2.75, 3.05) is 13.6 Å². The predicted octanol–water partition coefficient (Wildman–Crippen LogP) is 3.07. The Kier molecular flexibility index (Phi) is 8.31. The third kappa shape index (κ3) is 5.48. The third-order valence-corrected chi connectivity index (χ3v) is 6.03. The average molecular weight is 384 g/mol. The third-order valence-electron chi connectivity index (χ3n) is 6.03. The first-order chi connectivity index (χ1) is 13.6. The summed E-state index contributed by atoms with van der Waals surface area (Å²) < 4.78 is 0. The molecule has 0 heterocycles. The van der Waals surface area contributed by atoms with E-state index < -0.39 is 0 Å². The van der Waals surface area contributed by atoms with Crippen molar-refractivity contribution in [3.63, 3.8) is 0 Å². The monoisotopic (exact) mass is 383 g/mol. The van der Waals surface area contributed by atoms with Gasteiger partial charge in [0.1, 0.15) is 0 Å². The molecule has 1 saturated carbocycles. The highest BCUT2D eigenvalue weighted by atomic mass is 16.1. The Morgan fingerprint density at radius 2 is 1.89 bits per heavy atom. The molecule has 152 valence electrons. The molecular weight excluding hydrogens is 350 g/mol. The Morgan fingerprint density at radius 3 is 2.43 bits per heavy atom. The first-order valence-electron chi connectivity index (χ1n) is 10.3. The van der Waals surface area contributed by atoms with Crippen molar-refractivity contribution in [1.29, 1.82) is 5.26 Å². The van der Waals surface area contributed by atoms with Crippen LogP contribution in [0.25, 0.3) is 0 Å². The van der Waals surface area contributed by atoms with Crippen molar-refractivity contribution in [1.82, 2.24) is 16.0 Å². The van der Waals surface area contributed by atoms with Crippen molar-refractivity contribution in [3.8, 4) is 6.19 Å². The summed E-state index contributed by atoms with van der Waals surface area (Å²) in [6, 6.07) is 10.8. The van der Waals surface area contributed by atoms with E-state index in [-0.39, 0.29) is 23.3 Å². The second kappa shape index (κ2) is 10.7. The molecule has 1 aliphatic carbocycles. The Hall–Kier alpha value is -2.55. The molecule has 0 spiro atoms. The zero-order valence-electron chi connectivity index (χ0n) is 17.3. The fourth-order valence-corrected chi connectivity index (χ4v) is 4.14. The van der Waals surface area contributed by atoms with Crippen molar-refractivity contribution < 1.29 is 4.79 Å². The van der Waals surface area contributed by atoms with Crippen LogP contribution in [0.15, 0.2) is 35.3 Å². The largest absolute Gasteiger partial charge is 0.355 e. The maximum Gasteiger partial charge on any atom is 0.223 e. The zero-order chi connectivity index (χ0) is 20.4. The molecule has 0 saturated heterocycles. The molecule has 0 aliphatic heterocycles. The normalized spacial score (nSPS) is 22.4. The molecule has 0 unspecified atom stereocenters. The van der Waals surface area contributed by atoms with Gasteiger partial charge in [0.2, 0.25) is 11.9 Å². The minimum atomic E-state index is -0.0483. The lowest BCUT2D eigenvalue weighted by Gasteiger charge is -2.41. The van der Waals surface area contributed by atoms with E-state index in [1.165, 1.54) is 5.56 Å². The van der Waals surface area contributed by atoms with Crippen LogP contribution in [0.4, 0.5) is 0 Å². The summed E-state index contributed by atoms with van der Waals surface area (Å²) in [7, 11) is 1.66. The van der Waals surface area contributed by atoms with Gasteiger partial charge >= 0.3 is 0 Å². The maximum absolute atomic E-state index is 12.6. The van der Waals surface area contributed by atoms with Gasteiger partial charge in [0, 0.05) is 31.0 Å². The number of hydrogen-bond donors (Lipinski definition) is 3. The number of nitriles is 1. The Balaban J connectivity index is 2.08. The molecule has 1 fully saturated rings. The van der Waals surface area contributed by atoms with Crippen molar-refractivity contribution >= 4 is 11.9 Å². The van der Waals surface area contributed by atoms with Gasteiger partial charge in [-0.3, -0.25) is 15.1 Å². The predicted molar refractivity (Wildman–Crippen MR) is 113 cm³/mol. The molecule has 0 radical (unpaired) electrons. The average Bonchev–Trinajstić information content (AvgIpc) is 2.74. The molecule has 1 aromatic rings. The second-order valence-electron chi connectivity index (χ2n) is 7.61. The molecule has 2 rings (SSSR count). The highest BCUT2D eigenvalue weighted by Crippen LogP contribution is 2.39. The number of hydrogen-bond acceptors (Lipinski definition) is 3. The van der Waals surface area contributed by atoms with Gasteiger partial charge < -0.3 is 10.6 Å². The fourth-order valence-electron chi connectivity index (χ4n) is 4.14. The van der Waals surface area contributed by atoms with E-state index in [9.17, 15) is 4.79 Å². The maximum atomic E-state index is 12.6. The number of benzene rings is 1. The first kappa shape index (κ1) is 21.7. The van der Waals surface area contributed by atoms with E-state index >= 15 is 0 Å². The van der Waals surface area contributed by atoms with Gasteiger partial charge in [0.15, 0.2) is 6.19 Å². The zero-order valence-corrected chi connectivity index (χ0v) is 17.3. The smallest absolute Gasteiger partial charge is 0.223 e. The van der Waals surface area contributed by atoms with E-state index in [0.717, 1.165) is 38.5 Å². The van der Waals surface area contributed by atoms with Crippen LogP contribution >= 0.6 is 0 Å². The van der Waals surface area contributed by atoms with Crippen molar-refractivity contribution in [2.24, 2.45) is 10.9 Å². The summed E-state index contributed by atoms with van der Waals surface area (Å²) in [4.78, 5) is 16.6. The van der Waals surface area contributed by atoms with Crippen molar-refractivity contribution in [2.45, 2.75) is 63.8 Å². The van der Waals surface area contributed by atoms with Crippen LogP contribution in [-0.4, -0.2) is 31.5 Å². The van der Waals surface area contributed by atoms with Gasteiger partial charge in [-0.25, -0.2) is 0 Å². The minimum absolute atomic E-state index is 0.0483. The Bertz CT molecular complexity index is 683. The van der Waals surface area contributed by atoms with Crippen LogP contribution in [0, 0.1) is 17.4 Å². The van der Waals surface area contributed by atoms with Crippen LogP contribution in [0.3, 0.4) is 0 Å². The molecule has 28 heavy (non-hydrogen) atoms. The molecule has 3 N–H and O–H groups in total. The van der Waals surface area contributed by atoms with Crippen LogP contribution in [-0.2, 0) is 10.2 Å². The fraction of sp³-hybridized carbons (Fsp3) is 0.591. The van der Waals surface area contributed by atoms with E-state index in [0.29, 0.717) is 12.5 Å². The second-order valence-corrected chi connectivity index (χ2v) is 7.61. The topological polar surface area (TPSA) is 89.3 Å². The summed E-state index contributed by atoms with van der Waals surface area (Å²) in [5, 5.41) is 18.0. The lowest BCUT2D eigenvalue weighted by atomic mass is 9.68. The quantitative estimate of drug-likeness (QED) is 0.292. The van der Waals surface area contributed by atoms with Gasteiger partial charge in [-0.2, -0.15) is 5.26 Å².